The monoisotopic (exact) mass is 554 g/mol. The molecule has 8 nitrogen and oxygen atoms in total. The maximum Gasteiger partial charge on any atom is 0.319 e. The molecule has 0 radical (unpaired) electrons. The molecule has 0 bridgehead atoms. The van der Waals surface area contributed by atoms with E-state index in [0.29, 0.717) is 24.3 Å². The molecule has 2 saturated heterocycles. The number of carbonyl (C=O) groups is 2. The number of carbonyl (C=O) groups excluding carboxylic acids is 2. The third-order valence-electron chi connectivity index (χ3n) is 7.64. The summed E-state index contributed by atoms with van der Waals surface area (Å²) >= 11 is 0. The van der Waals surface area contributed by atoms with Crippen LogP contribution in [0.1, 0.15) is 48.3 Å². The van der Waals surface area contributed by atoms with Gasteiger partial charge in [-0.05, 0) is 50.1 Å². The first-order valence-corrected chi connectivity index (χ1v) is 14.6. The van der Waals surface area contributed by atoms with Crippen LogP contribution in [0.15, 0.2) is 78.9 Å². The summed E-state index contributed by atoms with van der Waals surface area (Å²) in [5.74, 6) is -0.00397. The molecule has 216 valence electrons. The van der Waals surface area contributed by atoms with Crippen molar-refractivity contribution in [3.63, 3.8) is 0 Å². The van der Waals surface area contributed by atoms with Crippen LogP contribution in [0.25, 0.3) is 0 Å². The predicted octanol–water partition coefficient (Wildman–Crippen LogP) is 4.56. The number of amides is 3. The fourth-order valence-corrected chi connectivity index (χ4v) is 5.70. The molecule has 3 aromatic rings. The number of anilines is 2. The van der Waals surface area contributed by atoms with Gasteiger partial charge in [-0.25, -0.2) is 4.79 Å². The number of nitrogens with one attached hydrogen (secondary N) is 3. The normalized spacial score (nSPS) is 16.5. The second-order valence-corrected chi connectivity index (χ2v) is 11.9. The number of piperazine rings is 2. The first-order valence-electron chi connectivity index (χ1n) is 14.6. The van der Waals surface area contributed by atoms with Crippen LogP contribution in [0, 0.1) is 0 Å². The second kappa shape index (κ2) is 12.7. The fourth-order valence-electron chi connectivity index (χ4n) is 5.70. The van der Waals surface area contributed by atoms with Crippen LogP contribution >= 0.6 is 0 Å². The molecule has 0 unspecified atom stereocenters. The number of urea groups is 1. The zero-order chi connectivity index (χ0) is 28.8. The zero-order valence-electron chi connectivity index (χ0n) is 24.4. The van der Waals surface area contributed by atoms with E-state index in [9.17, 15) is 9.59 Å². The van der Waals surface area contributed by atoms with Crippen LogP contribution in [-0.2, 0) is 0 Å². The molecule has 3 aromatic carbocycles. The third kappa shape index (κ3) is 7.26. The van der Waals surface area contributed by atoms with Gasteiger partial charge in [-0.1, -0.05) is 60.7 Å². The van der Waals surface area contributed by atoms with E-state index in [4.69, 9.17) is 0 Å². The molecule has 3 N–H and O–H groups in total. The van der Waals surface area contributed by atoms with Crippen LogP contribution in [0.3, 0.4) is 0 Å². The van der Waals surface area contributed by atoms with Crippen molar-refractivity contribution in [1.82, 2.24) is 20.4 Å². The van der Waals surface area contributed by atoms with E-state index in [1.807, 2.05) is 43.9 Å². The van der Waals surface area contributed by atoms with Crippen molar-refractivity contribution in [3.8, 4) is 0 Å². The Balaban J connectivity index is 1.37. The molecule has 0 saturated carbocycles. The number of nitrogens with zero attached hydrogens (tertiary/aromatic N) is 3. The van der Waals surface area contributed by atoms with Gasteiger partial charge in [0, 0.05) is 63.5 Å². The molecule has 3 amide bonds. The van der Waals surface area contributed by atoms with Gasteiger partial charge in [0.2, 0.25) is 0 Å². The van der Waals surface area contributed by atoms with Crippen molar-refractivity contribution in [2.45, 2.75) is 32.4 Å². The lowest BCUT2D eigenvalue weighted by molar-refractivity contribution is 0.0736. The van der Waals surface area contributed by atoms with Gasteiger partial charge in [0.25, 0.3) is 5.91 Å². The summed E-state index contributed by atoms with van der Waals surface area (Å²) < 4.78 is 0. The van der Waals surface area contributed by atoms with Crippen molar-refractivity contribution in [2.24, 2.45) is 0 Å². The van der Waals surface area contributed by atoms with Gasteiger partial charge in [0.15, 0.2) is 0 Å². The van der Waals surface area contributed by atoms with E-state index in [1.165, 1.54) is 11.1 Å². The largest absolute Gasteiger partial charge is 0.367 e. The van der Waals surface area contributed by atoms with Gasteiger partial charge in [-0.3, -0.25) is 9.69 Å². The molecule has 2 heterocycles. The van der Waals surface area contributed by atoms with E-state index in [0.717, 1.165) is 45.0 Å². The molecular weight excluding hydrogens is 512 g/mol. The fraction of sp³-hybridized carbons (Fsp3) is 0.394. The van der Waals surface area contributed by atoms with E-state index in [-0.39, 0.29) is 23.5 Å². The second-order valence-electron chi connectivity index (χ2n) is 11.9. The quantitative estimate of drug-likeness (QED) is 0.416. The minimum Gasteiger partial charge on any atom is -0.367 e. The lowest BCUT2D eigenvalue weighted by Gasteiger charge is -2.41. The van der Waals surface area contributed by atoms with Crippen molar-refractivity contribution in [1.29, 1.82) is 0 Å². The molecule has 8 heteroatoms. The zero-order valence-corrected chi connectivity index (χ0v) is 24.4. The van der Waals surface area contributed by atoms with Gasteiger partial charge >= 0.3 is 6.03 Å². The number of hydrogen-bond donors (Lipinski definition) is 3. The van der Waals surface area contributed by atoms with Gasteiger partial charge in [-0.2, -0.15) is 0 Å². The molecule has 0 aliphatic carbocycles. The Hall–Kier alpha value is -3.88. The summed E-state index contributed by atoms with van der Waals surface area (Å²) in [4.78, 5) is 33.0. The highest BCUT2D eigenvalue weighted by Crippen LogP contribution is 2.33. The van der Waals surface area contributed by atoms with E-state index in [2.05, 4.69) is 86.4 Å². The molecule has 2 aliphatic heterocycles. The average Bonchev–Trinajstić information content (AvgIpc) is 2.98. The molecule has 41 heavy (non-hydrogen) atoms. The summed E-state index contributed by atoms with van der Waals surface area (Å²) in [6, 6.07) is 27.0. The molecule has 2 aliphatic rings. The summed E-state index contributed by atoms with van der Waals surface area (Å²) in [7, 11) is 0. The molecular formula is C33H42N6O2. The van der Waals surface area contributed by atoms with E-state index >= 15 is 0 Å². The SMILES string of the molecule is CC(C)(C)NC(=O)Nc1cc(C(=O)N2CCNCC2)ccc1N1CCN(C(c2ccccc2)c2ccccc2)CC1. The summed E-state index contributed by atoms with van der Waals surface area (Å²) in [6.45, 7) is 12.1. The van der Waals surface area contributed by atoms with Gasteiger partial charge in [0.05, 0.1) is 17.4 Å². The van der Waals surface area contributed by atoms with Crippen LogP contribution in [0.4, 0.5) is 16.2 Å². The van der Waals surface area contributed by atoms with E-state index in [1.54, 1.807) is 0 Å². The van der Waals surface area contributed by atoms with Crippen LogP contribution in [0.5, 0.6) is 0 Å². The molecule has 0 spiro atoms. The highest BCUT2D eigenvalue weighted by molar-refractivity contribution is 5.99. The standard InChI is InChI=1S/C33H42N6O2/c1-33(2,3)36-32(41)35-28-24-27(31(40)39-18-16-34-17-19-39)14-15-29(28)37-20-22-38(23-21-37)30(25-10-6-4-7-11-25)26-12-8-5-9-13-26/h4-15,24,30,34H,16-23H2,1-3H3,(H2,35,36,41). The van der Waals surface area contributed by atoms with Crippen molar-refractivity contribution >= 4 is 23.3 Å². The van der Waals surface area contributed by atoms with Crippen molar-refractivity contribution in [2.75, 3.05) is 62.6 Å². The Bertz CT molecular complexity index is 1270. The Kier molecular flexibility index (Phi) is 8.90. The number of rotatable bonds is 6. The number of hydrogen-bond acceptors (Lipinski definition) is 5. The molecule has 0 aromatic heterocycles. The minimum absolute atomic E-state index is 0.00397. The number of benzene rings is 3. The predicted molar refractivity (Wildman–Crippen MR) is 166 cm³/mol. The topological polar surface area (TPSA) is 79.9 Å². The minimum atomic E-state index is -0.381. The summed E-state index contributed by atoms with van der Waals surface area (Å²) in [5, 5.41) is 9.34. The van der Waals surface area contributed by atoms with Gasteiger partial charge in [0.1, 0.15) is 0 Å². The van der Waals surface area contributed by atoms with Crippen LogP contribution < -0.4 is 20.9 Å². The smallest absolute Gasteiger partial charge is 0.319 e. The molecule has 2 fully saturated rings. The van der Waals surface area contributed by atoms with Crippen molar-refractivity contribution < 1.29 is 9.59 Å². The van der Waals surface area contributed by atoms with Gasteiger partial charge in [-0.15, -0.1) is 0 Å². The van der Waals surface area contributed by atoms with E-state index < -0.39 is 0 Å². The highest BCUT2D eigenvalue weighted by atomic mass is 16.2. The first-order chi connectivity index (χ1) is 19.8. The highest BCUT2D eigenvalue weighted by Gasteiger charge is 2.28. The Morgan fingerprint density at radius 1 is 0.780 bits per heavy atom. The Morgan fingerprint density at radius 3 is 1.93 bits per heavy atom. The Labute approximate surface area is 243 Å². The first kappa shape index (κ1) is 28.6. The average molecular weight is 555 g/mol. The maximum absolute atomic E-state index is 13.3. The third-order valence-corrected chi connectivity index (χ3v) is 7.64. The summed E-state index contributed by atoms with van der Waals surface area (Å²) in [6.07, 6.45) is 0. The maximum atomic E-state index is 13.3. The molecule has 5 rings (SSSR count). The molecule has 0 atom stereocenters. The lowest BCUT2D eigenvalue weighted by atomic mass is 9.96. The lowest BCUT2D eigenvalue weighted by Crippen LogP contribution is -2.48. The summed E-state index contributed by atoms with van der Waals surface area (Å²) in [5.41, 5.74) is 4.36. The van der Waals surface area contributed by atoms with Gasteiger partial charge < -0.3 is 25.8 Å². The van der Waals surface area contributed by atoms with Crippen molar-refractivity contribution in [3.05, 3.63) is 95.6 Å². The van der Waals surface area contributed by atoms with Crippen LogP contribution in [-0.4, -0.2) is 79.6 Å². The van der Waals surface area contributed by atoms with Crippen LogP contribution in [0.2, 0.25) is 0 Å². The Morgan fingerprint density at radius 2 is 1.37 bits per heavy atom.